The number of nitrogens with zero attached hydrogens (tertiary/aromatic N) is 1. The number of primary amides is 1. The number of carbonyl (C=O) groups excluding carboxylic acids is 2. The third-order valence-electron chi connectivity index (χ3n) is 1.88. The summed E-state index contributed by atoms with van der Waals surface area (Å²) in [5.41, 5.74) is 4.53. The molecule has 0 unspecified atom stereocenters. The Balaban J connectivity index is 3.09. The van der Waals surface area contributed by atoms with Gasteiger partial charge in [0, 0.05) is 17.7 Å². The average Bonchev–Trinajstić information content (AvgIpc) is 2.27. The van der Waals surface area contributed by atoms with Gasteiger partial charge in [-0.25, -0.2) is 4.79 Å². The van der Waals surface area contributed by atoms with Crippen molar-refractivity contribution in [2.75, 3.05) is 7.11 Å². The summed E-state index contributed by atoms with van der Waals surface area (Å²) in [6.45, 7) is 0. The van der Waals surface area contributed by atoms with Crippen molar-refractivity contribution in [3.8, 4) is 5.75 Å². The van der Waals surface area contributed by atoms with Crippen molar-refractivity contribution in [2.45, 2.75) is 0 Å². The lowest BCUT2D eigenvalue weighted by Gasteiger charge is -2.04. The summed E-state index contributed by atoms with van der Waals surface area (Å²) in [6, 6.07) is 2.44. The van der Waals surface area contributed by atoms with Crippen molar-refractivity contribution in [2.24, 2.45) is 5.73 Å². The molecule has 0 aliphatic carbocycles. The zero-order valence-corrected chi connectivity index (χ0v) is 8.80. The van der Waals surface area contributed by atoms with Crippen LogP contribution in [0.4, 0.5) is 10.5 Å². The molecule has 17 heavy (non-hydrogen) atoms. The predicted molar refractivity (Wildman–Crippen MR) is 56.7 cm³/mol. The van der Waals surface area contributed by atoms with Gasteiger partial charge in [0.05, 0.1) is 12.0 Å². The number of nitrogens with one attached hydrogen (secondary N) is 1. The van der Waals surface area contributed by atoms with Gasteiger partial charge in [0.15, 0.2) is 5.75 Å². The number of nitrogens with two attached hydrogens (primary N) is 1. The number of hydrogen-bond acceptors (Lipinski definition) is 5. The number of benzene rings is 1. The van der Waals surface area contributed by atoms with Crippen LogP contribution in [0.2, 0.25) is 0 Å². The molecule has 0 aliphatic rings. The molecule has 0 heterocycles. The Kier molecular flexibility index (Phi) is 3.60. The van der Waals surface area contributed by atoms with Crippen LogP contribution in [0.1, 0.15) is 10.4 Å². The average molecular weight is 239 g/mol. The van der Waals surface area contributed by atoms with E-state index >= 15 is 0 Å². The van der Waals surface area contributed by atoms with Gasteiger partial charge in [-0.05, 0) is 6.07 Å². The highest BCUT2D eigenvalue weighted by molar-refractivity contribution is 6.04. The molecule has 8 nitrogen and oxygen atoms in total. The van der Waals surface area contributed by atoms with Gasteiger partial charge >= 0.3 is 11.7 Å². The van der Waals surface area contributed by atoms with Gasteiger partial charge in [-0.3, -0.25) is 20.2 Å². The molecule has 1 aromatic rings. The summed E-state index contributed by atoms with van der Waals surface area (Å²) in [7, 11) is 1.23. The Morgan fingerprint density at radius 1 is 1.47 bits per heavy atom. The molecular formula is C9H9N3O5. The molecule has 8 heteroatoms. The van der Waals surface area contributed by atoms with Gasteiger partial charge in [-0.1, -0.05) is 0 Å². The summed E-state index contributed by atoms with van der Waals surface area (Å²) in [5.74, 6) is -0.835. The van der Waals surface area contributed by atoms with Gasteiger partial charge in [-0.2, -0.15) is 0 Å². The molecule has 90 valence electrons. The number of urea groups is 1. The van der Waals surface area contributed by atoms with Crippen LogP contribution in [-0.2, 0) is 0 Å². The second-order valence-corrected chi connectivity index (χ2v) is 2.96. The molecule has 1 aromatic carbocycles. The lowest BCUT2D eigenvalue weighted by Crippen LogP contribution is -2.34. The van der Waals surface area contributed by atoms with E-state index in [1.807, 2.05) is 5.32 Å². The van der Waals surface area contributed by atoms with E-state index in [-0.39, 0.29) is 17.0 Å². The number of rotatable bonds is 3. The first-order chi connectivity index (χ1) is 7.95. The summed E-state index contributed by atoms with van der Waals surface area (Å²) in [4.78, 5) is 31.8. The molecule has 0 radical (unpaired) electrons. The van der Waals surface area contributed by atoms with Crippen LogP contribution >= 0.6 is 0 Å². The Morgan fingerprint density at radius 3 is 2.59 bits per heavy atom. The summed E-state index contributed by atoms with van der Waals surface area (Å²) >= 11 is 0. The fraction of sp³-hybridized carbons (Fsp3) is 0.111. The van der Waals surface area contributed by atoms with Gasteiger partial charge < -0.3 is 10.5 Å². The molecule has 0 saturated carbocycles. The number of nitro benzene ring substituents is 1. The van der Waals surface area contributed by atoms with Crippen LogP contribution in [0.3, 0.4) is 0 Å². The van der Waals surface area contributed by atoms with Crippen molar-refractivity contribution < 1.29 is 19.2 Å². The monoisotopic (exact) mass is 239 g/mol. The lowest BCUT2D eigenvalue weighted by molar-refractivity contribution is -0.385. The summed E-state index contributed by atoms with van der Waals surface area (Å²) in [6.07, 6.45) is 0. The second kappa shape index (κ2) is 4.92. The SMILES string of the molecule is COc1cc(C(=O)NC(N)=O)ccc1[N+](=O)[O-]. The third-order valence-corrected chi connectivity index (χ3v) is 1.88. The third kappa shape index (κ3) is 2.91. The van der Waals surface area contributed by atoms with Crippen molar-refractivity contribution in [3.05, 3.63) is 33.9 Å². The van der Waals surface area contributed by atoms with Crippen LogP contribution in [0.25, 0.3) is 0 Å². The largest absolute Gasteiger partial charge is 0.490 e. The fourth-order valence-corrected chi connectivity index (χ4v) is 1.15. The number of ether oxygens (including phenoxy) is 1. The maximum Gasteiger partial charge on any atom is 0.319 e. The molecule has 0 fully saturated rings. The van der Waals surface area contributed by atoms with Crippen molar-refractivity contribution in [1.29, 1.82) is 0 Å². The van der Waals surface area contributed by atoms with Gasteiger partial charge in [0.25, 0.3) is 5.91 Å². The van der Waals surface area contributed by atoms with Crippen molar-refractivity contribution >= 4 is 17.6 Å². The van der Waals surface area contributed by atoms with E-state index in [4.69, 9.17) is 10.5 Å². The van der Waals surface area contributed by atoms with E-state index in [2.05, 4.69) is 0 Å². The van der Waals surface area contributed by atoms with Crippen molar-refractivity contribution in [3.63, 3.8) is 0 Å². The number of imide groups is 1. The van der Waals surface area contributed by atoms with E-state index in [1.165, 1.54) is 13.2 Å². The highest BCUT2D eigenvalue weighted by atomic mass is 16.6. The topological polar surface area (TPSA) is 125 Å². The first-order valence-corrected chi connectivity index (χ1v) is 4.39. The molecule has 1 rings (SSSR count). The highest BCUT2D eigenvalue weighted by Crippen LogP contribution is 2.27. The second-order valence-electron chi connectivity index (χ2n) is 2.96. The summed E-state index contributed by atoms with van der Waals surface area (Å²) in [5, 5.41) is 12.4. The van der Waals surface area contributed by atoms with Crippen LogP contribution in [-0.4, -0.2) is 24.0 Å². The van der Waals surface area contributed by atoms with Crippen LogP contribution in [0.5, 0.6) is 5.75 Å². The lowest BCUT2D eigenvalue weighted by atomic mass is 10.2. The predicted octanol–water partition coefficient (Wildman–Crippen LogP) is 0.412. The molecule has 0 spiro atoms. The standard InChI is InChI=1S/C9H9N3O5/c1-17-7-4-5(8(13)11-9(10)14)2-3-6(7)12(15)16/h2-4H,1H3,(H3,10,11,13,14). The molecule has 0 aliphatic heterocycles. The van der Waals surface area contributed by atoms with Crippen LogP contribution in [0, 0.1) is 10.1 Å². The van der Waals surface area contributed by atoms with E-state index in [0.717, 1.165) is 12.1 Å². The van der Waals surface area contributed by atoms with E-state index in [1.54, 1.807) is 0 Å². The Hall–Kier alpha value is -2.64. The van der Waals surface area contributed by atoms with E-state index in [9.17, 15) is 19.7 Å². The molecule has 0 bridgehead atoms. The number of hydrogen-bond donors (Lipinski definition) is 2. The number of methoxy groups -OCH3 is 1. The Morgan fingerprint density at radius 2 is 2.12 bits per heavy atom. The minimum absolute atomic E-state index is 0.0336. The van der Waals surface area contributed by atoms with Crippen LogP contribution < -0.4 is 15.8 Å². The van der Waals surface area contributed by atoms with Gasteiger partial charge in [0.1, 0.15) is 0 Å². The van der Waals surface area contributed by atoms with Gasteiger partial charge in [0.2, 0.25) is 0 Å². The zero-order valence-electron chi connectivity index (χ0n) is 8.80. The maximum absolute atomic E-state index is 11.4. The van der Waals surface area contributed by atoms with E-state index in [0.29, 0.717) is 0 Å². The van der Waals surface area contributed by atoms with Gasteiger partial charge in [-0.15, -0.1) is 0 Å². The molecule has 3 amide bonds. The molecular weight excluding hydrogens is 230 g/mol. The van der Waals surface area contributed by atoms with Crippen LogP contribution in [0.15, 0.2) is 18.2 Å². The first kappa shape index (κ1) is 12.4. The minimum atomic E-state index is -1.01. The Labute approximate surface area is 95.5 Å². The number of carbonyl (C=O) groups is 2. The quantitative estimate of drug-likeness (QED) is 0.583. The molecule has 0 aromatic heterocycles. The van der Waals surface area contributed by atoms with Crippen molar-refractivity contribution in [1.82, 2.24) is 5.32 Å². The number of amides is 3. The smallest absolute Gasteiger partial charge is 0.319 e. The Bertz CT molecular complexity index is 486. The first-order valence-electron chi connectivity index (χ1n) is 4.39. The van der Waals surface area contributed by atoms with E-state index < -0.39 is 16.9 Å². The highest BCUT2D eigenvalue weighted by Gasteiger charge is 2.17. The number of nitro groups is 1. The molecule has 3 N–H and O–H groups in total. The maximum atomic E-state index is 11.4. The molecule has 0 atom stereocenters. The fourth-order valence-electron chi connectivity index (χ4n) is 1.15. The molecule has 0 saturated heterocycles. The minimum Gasteiger partial charge on any atom is -0.490 e. The summed E-state index contributed by atoms with van der Waals surface area (Å²) < 4.78 is 4.76. The normalized spacial score (nSPS) is 9.47. The zero-order chi connectivity index (χ0) is 13.0.